The predicted molar refractivity (Wildman–Crippen MR) is 104 cm³/mol. The lowest BCUT2D eigenvalue weighted by Gasteiger charge is -2.11. The quantitative estimate of drug-likeness (QED) is 0.469. The van der Waals surface area contributed by atoms with E-state index in [0.29, 0.717) is 5.92 Å². The molecule has 1 saturated carbocycles. The molecule has 0 saturated heterocycles. The van der Waals surface area contributed by atoms with Gasteiger partial charge >= 0.3 is 0 Å². The SMILES string of the molecule is CCCNc1nc(-c2cc(Br)c(Br)s2)nc(C2CC2)c1I. The third-order valence-corrected chi connectivity index (χ3v) is 7.56. The fourth-order valence-corrected chi connectivity index (χ4v) is 4.86. The Labute approximate surface area is 158 Å². The van der Waals surface area contributed by atoms with Gasteiger partial charge in [0.15, 0.2) is 5.82 Å². The zero-order valence-electron chi connectivity index (χ0n) is 11.4. The standard InChI is InChI=1S/C14H14Br2IN3S/c1-2-5-18-14-10(17)11(7-3-4-7)19-13(20-14)9-6-8(15)12(16)21-9/h6-7H,2-5H2,1H3,(H,18,19,20). The number of hydrogen-bond donors (Lipinski definition) is 1. The van der Waals surface area contributed by atoms with Crippen LogP contribution in [-0.4, -0.2) is 16.5 Å². The largest absolute Gasteiger partial charge is 0.369 e. The summed E-state index contributed by atoms with van der Waals surface area (Å²) >= 11 is 11.1. The predicted octanol–water partition coefficient (Wildman–Crippen LogP) is 6.03. The average molecular weight is 543 g/mol. The van der Waals surface area contributed by atoms with Gasteiger partial charge in [0, 0.05) is 16.9 Å². The molecule has 3 rings (SSSR count). The van der Waals surface area contributed by atoms with Crippen molar-refractivity contribution in [3.63, 3.8) is 0 Å². The number of nitrogens with one attached hydrogen (secondary N) is 1. The molecular formula is C14H14Br2IN3S. The Morgan fingerprint density at radius 3 is 2.71 bits per heavy atom. The summed E-state index contributed by atoms with van der Waals surface area (Å²) in [4.78, 5) is 10.7. The second kappa shape index (κ2) is 6.80. The Kier molecular flexibility index (Phi) is 5.23. The Morgan fingerprint density at radius 1 is 1.38 bits per heavy atom. The minimum Gasteiger partial charge on any atom is -0.369 e. The second-order valence-electron chi connectivity index (χ2n) is 5.03. The molecule has 0 radical (unpaired) electrons. The Balaban J connectivity index is 2.05. The molecule has 0 spiro atoms. The minimum atomic E-state index is 0.618. The van der Waals surface area contributed by atoms with Crippen molar-refractivity contribution in [2.24, 2.45) is 0 Å². The number of hydrogen-bond acceptors (Lipinski definition) is 4. The number of rotatable bonds is 5. The second-order valence-corrected chi connectivity index (χ2v) is 9.33. The summed E-state index contributed by atoms with van der Waals surface area (Å²) in [6.45, 7) is 3.10. The maximum atomic E-state index is 4.84. The molecule has 0 bridgehead atoms. The molecule has 2 aromatic rings. The van der Waals surface area contributed by atoms with Crippen LogP contribution in [0.2, 0.25) is 0 Å². The minimum absolute atomic E-state index is 0.618. The van der Waals surface area contributed by atoms with Gasteiger partial charge in [0.2, 0.25) is 0 Å². The van der Waals surface area contributed by atoms with E-state index in [9.17, 15) is 0 Å². The number of thiophene rings is 1. The number of anilines is 1. The van der Waals surface area contributed by atoms with E-state index in [-0.39, 0.29) is 0 Å². The first kappa shape index (κ1) is 16.1. The highest BCUT2D eigenvalue weighted by atomic mass is 127. The normalized spacial score (nSPS) is 14.5. The van der Waals surface area contributed by atoms with Crippen molar-refractivity contribution < 1.29 is 0 Å². The smallest absolute Gasteiger partial charge is 0.172 e. The van der Waals surface area contributed by atoms with Crippen molar-refractivity contribution in [2.75, 3.05) is 11.9 Å². The van der Waals surface area contributed by atoms with Crippen molar-refractivity contribution in [2.45, 2.75) is 32.1 Å². The van der Waals surface area contributed by atoms with Crippen molar-refractivity contribution in [1.82, 2.24) is 9.97 Å². The lowest BCUT2D eigenvalue weighted by molar-refractivity contribution is 0.940. The first-order valence-electron chi connectivity index (χ1n) is 6.86. The van der Waals surface area contributed by atoms with Gasteiger partial charge in [0.25, 0.3) is 0 Å². The van der Waals surface area contributed by atoms with E-state index in [1.165, 1.54) is 22.1 Å². The van der Waals surface area contributed by atoms with Crippen molar-refractivity contribution >= 4 is 71.6 Å². The molecule has 0 atom stereocenters. The first-order valence-corrected chi connectivity index (χ1v) is 10.3. The van der Waals surface area contributed by atoms with Gasteiger partial charge in [-0.2, -0.15) is 0 Å². The fourth-order valence-electron chi connectivity index (χ4n) is 2.02. The van der Waals surface area contributed by atoms with Crippen LogP contribution in [0.25, 0.3) is 10.7 Å². The Hall–Kier alpha value is 0.270. The van der Waals surface area contributed by atoms with E-state index >= 15 is 0 Å². The van der Waals surface area contributed by atoms with Crippen LogP contribution in [0.4, 0.5) is 5.82 Å². The van der Waals surface area contributed by atoms with E-state index in [2.05, 4.69) is 72.8 Å². The van der Waals surface area contributed by atoms with Crippen molar-refractivity contribution in [3.05, 3.63) is 23.6 Å². The van der Waals surface area contributed by atoms with Gasteiger partial charge in [-0.15, -0.1) is 11.3 Å². The van der Waals surface area contributed by atoms with Gasteiger partial charge in [0.05, 0.1) is 17.9 Å². The van der Waals surface area contributed by atoms with Crippen LogP contribution >= 0.6 is 65.8 Å². The molecule has 112 valence electrons. The molecule has 1 N–H and O–H groups in total. The van der Waals surface area contributed by atoms with Crippen LogP contribution in [-0.2, 0) is 0 Å². The molecule has 2 aromatic heterocycles. The number of aromatic nitrogens is 2. The summed E-state index contributed by atoms with van der Waals surface area (Å²) in [5.74, 6) is 2.42. The summed E-state index contributed by atoms with van der Waals surface area (Å²) in [7, 11) is 0. The van der Waals surface area contributed by atoms with Crippen molar-refractivity contribution in [1.29, 1.82) is 0 Å². The molecule has 1 aliphatic rings. The lowest BCUT2D eigenvalue weighted by atomic mass is 10.2. The van der Waals surface area contributed by atoms with Crippen LogP contribution < -0.4 is 5.32 Å². The fraction of sp³-hybridized carbons (Fsp3) is 0.429. The van der Waals surface area contributed by atoms with Crippen molar-refractivity contribution in [3.8, 4) is 10.7 Å². The highest BCUT2D eigenvalue weighted by molar-refractivity contribution is 14.1. The Bertz CT molecular complexity index is 651. The van der Waals surface area contributed by atoms with Gasteiger partial charge < -0.3 is 5.32 Å². The molecule has 0 aliphatic heterocycles. The molecule has 0 amide bonds. The molecule has 2 heterocycles. The van der Waals surface area contributed by atoms with Crippen LogP contribution in [0.1, 0.15) is 37.8 Å². The third kappa shape index (κ3) is 3.61. The zero-order chi connectivity index (χ0) is 15.0. The van der Waals surface area contributed by atoms with Gasteiger partial charge in [-0.25, -0.2) is 9.97 Å². The molecular weight excluding hydrogens is 529 g/mol. The van der Waals surface area contributed by atoms with E-state index in [4.69, 9.17) is 9.97 Å². The lowest BCUT2D eigenvalue weighted by Crippen LogP contribution is -2.08. The summed E-state index contributed by atoms with van der Waals surface area (Å²) in [6.07, 6.45) is 3.58. The van der Waals surface area contributed by atoms with Crippen LogP contribution in [0.15, 0.2) is 14.3 Å². The monoisotopic (exact) mass is 541 g/mol. The summed E-state index contributed by atoms with van der Waals surface area (Å²) in [6, 6.07) is 2.08. The van der Waals surface area contributed by atoms with Crippen LogP contribution in [0.5, 0.6) is 0 Å². The molecule has 1 aliphatic carbocycles. The summed E-state index contributed by atoms with van der Waals surface area (Å²) < 4.78 is 3.32. The van der Waals surface area contributed by atoms with Crippen LogP contribution in [0, 0.1) is 3.57 Å². The molecule has 1 fully saturated rings. The maximum absolute atomic E-state index is 4.84. The van der Waals surface area contributed by atoms with E-state index in [1.54, 1.807) is 11.3 Å². The van der Waals surface area contributed by atoms with E-state index < -0.39 is 0 Å². The van der Waals surface area contributed by atoms with E-state index in [1.807, 2.05) is 0 Å². The average Bonchev–Trinajstić information content (AvgIpc) is 3.24. The summed E-state index contributed by atoms with van der Waals surface area (Å²) in [5, 5.41) is 3.44. The first-order chi connectivity index (χ1) is 10.1. The van der Waals surface area contributed by atoms with Gasteiger partial charge in [-0.1, -0.05) is 6.92 Å². The number of nitrogens with zero attached hydrogens (tertiary/aromatic N) is 2. The molecule has 7 heteroatoms. The Morgan fingerprint density at radius 2 is 2.14 bits per heavy atom. The number of halogens is 3. The third-order valence-electron chi connectivity index (χ3n) is 3.25. The highest BCUT2D eigenvalue weighted by Crippen LogP contribution is 2.44. The van der Waals surface area contributed by atoms with E-state index in [0.717, 1.165) is 37.7 Å². The zero-order valence-corrected chi connectivity index (χ0v) is 17.6. The van der Waals surface area contributed by atoms with Gasteiger partial charge in [-0.3, -0.25) is 0 Å². The molecule has 0 unspecified atom stereocenters. The molecule has 0 aromatic carbocycles. The van der Waals surface area contributed by atoms with Gasteiger partial charge in [-0.05, 0) is 79.8 Å². The molecule has 21 heavy (non-hydrogen) atoms. The highest BCUT2D eigenvalue weighted by Gasteiger charge is 2.29. The molecule has 3 nitrogen and oxygen atoms in total. The van der Waals surface area contributed by atoms with Gasteiger partial charge in [0.1, 0.15) is 5.82 Å². The topological polar surface area (TPSA) is 37.8 Å². The van der Waals surface area contributed by atoms with Crippen LogP contribution in [0.3, 0.4) is 0 Å². The summed E-state index contributed by atoms with van der Waals surface area (Å²) in [5.41, 5.74) is 1.21. The maximum Gasteiger partial charge on any atom is 0.172 e.